The largest absolute Gasteiger partial charge is 0.469 e. The Labute approximate surface area is 156 Å². The van der Waals surface area contributed by atoms with Crippen molar-refractivity contribution in [1.29, 1.82) is 0 Å². The lowest BCUT2D eigenvalue weighted by atomic mass is 10.0. The molecule has 0 aliphatic carbocycles. The highest BCUT2D eigenvalue weighted by molar-refractivity contribution is 7.90. The molecule has 0 heterocycles. The van der Waals surface area contributed by atoms with Crippen LogP contribution in [0.4, 0.5) is 15.8 Å². The van der Waals surface area contributed by atoms with Crippen LogP contribution in [0.15, 0.2) is 59.5 Å². The highest BCUT2D eigenvalue weighted by Gasteiger charge is 2.11. The summed E-state index contributed by atoms with van der Waals surface area (Å²) in [4.78, 5) is 11.8. The number of fused-ring (bicyclic) bond motifs is 1. The minimum absolute atomic E-state index is 0.0888. The first-order chi connectivity index (χ1) is 12.8. The minimum Gasteiger partial charge on any atom is -0.469 e. The van der Waals surface area contributed by atoms with E-state index in [1.54, 1.807) is 24.3 Å². The Kier molecular flexibility index (Phi) is 5.14. The van der Waals surface area contributed by atoms with Crippen LogP contribution in [0.25, 0.3) is 10.8 Å². The van der Waals surface area contributed by atoms with Crippen molar-refractivity contribution in [2.24, 2.45) is 0 Å². The van der Waals surface area contributed by atoms with Crippen molar-refractivity contribution in [3.05, 3.63) is 66.0 Å². The standard InChI is InChI=1S/C20H18FNO4S/c1-26-20(23)11-13-9-14-3-4-15(21)12-18(14)19(10-13)22-16-5-7-17(8-6-16)27(2,24)25/h3-10,12,22H,11H2,1-2H3. The van der Waals surface area contributed by atoms with Gasteiger partial charge in [-0.3, -0.25) is 4.79 Å². The molecule has 0 aliphatic heterocycles. The third kappa shape index (κ3) is 4.43. The molecule has 0 amide bonds. The molecule has 0 bridgehead atoms. The van der Waals surface area contributed by atoms with E-state index in [1.165, 1.54) is 31.4 Å². The Hall–Kier alpha value is -2.93. The molecule has 0 spiro atoms. The molecule has 7 heteroatoms. The van der Waals surface area contributed by atoms with Gasteiger partial charge in [-0.05, 0) is 53.4 Å². The van der Waals surface area contributed by atoms with Crippen molar-refractivity contribution in [2.75, 3.05) is 18.7 Å². The van der Waals surface area contributed by atoms with Crippen LogP contribution in [-0.4, -0.2) is 27.8 Å². The maximum Gasteiger partial charge on any atom is 0.309 e. The van der Waals surface area contributed by atoms with Crippen LogP contribution in [0.2, 0.25) is 0 Å². The second kappa shape index (κ2) is 7.36. The summed E-state index contributed by atoms with van der Waals surface area (Å²) < 4.78 is 41.6. The number of hydrogen-bond acceptors (Lipinski definition) is 5. The van der Waals surface area contributed by atoms with Crippen molar-refractivity contribution in [3.63, 3.8) is 0 Å². The summed E-state index contributed by atoms with van der Waals surface area (Å²) in [5, 5.41) is 4.59. The number of carbonyl (C=O) groups is 1. The van der Waals surface area contributed by atoms with Gasteiger partial charge in [-0.15, -0.1) is 0 Å². The van der Waals surface area contributed by atoms with Crippen LogP contribution in [0, 0.1) is 5.82 Å². The molecule has 0 saturated heterocycles. The predicted octanol–water partition coefficient (Wildman–Crippen LogP) is 3.84. The molecule has 1 N–H and O–H groups in total. The van der Waals surface area contributed by atoms with Gasteiger partial charge in [-0.1, -0.05) is 12.1 Å². The number of ether oxygens (including phenoxy) is 1. The Morgan fingerprint density at radius 1 is 1.07 bits per heavy atom. The normalized spacial score (nSPS) is 11.4. The fraction of sp³-hybridized carbons (Fsp3) is 0.150. The zero-order chi connectivity index (χ0) is 19.6. The van der Waals surface area contributed by atoms with Crippen LogP contribution < -0.4 is 5.32 Å². The molecule has 3 rings (SSSR count). The second-order valence-electron chi connectivity index (χ2n) is 6.18. The van der Waals surface area contributed by atoms with Crippen molar-refractivity contribution < 1.29 is 22.3 Å². The molecule has 5 nitrogen and oxygen atoms in total. The first-order valence-electron chi connectivity index (χ1n) is 8.12. The van der Waals surface area contributed by atoms with Gasteiger partial charge >= 0.3 is 5.97 Å². The third-order valence-corrected chi connectivity index (χ3v) is 5.24. The number of rotatable bonds is 5. The number of halogens is 1. The summed E-state index contributed by atoms with van der Waals surface area (Å²) in [5.74, 6) is -0.751. The van der Waals surface area contributed by atoms with Crippen molar-refractivity contribution >= 4 is 38.0 Å². The second-order valence-corrected chi connectivity index (χ2v) is 8.20. The van der Waals surface area contributed by atoms with Gasteiger partial charge in [0.05, 0.1) is 18.4 Å². The molecular formula is C20H18FNO4S. The number of methoxy groups -OCH3 is 1. The van der Waals surface area contributed by atoms with Gasteiger partial charge in [0.2, 0.25) is 0 Å². The van der Waals surface area contributed by atoms with Crippen LogP contribution >= 0.6 is 0 Å². The summed E-state index contributed by atoms with van der Waals surface area (Å²) in [6.07, 6.45) is 1.23. The molecule has 3 aromatic rings. The topological polar surface area (TPSA) is 72.5 Å². The quantitative estimate of drug-likeness (QED) is 0.674. The molecule has 0 saturated carbocycles. The Morgan fingerprint density at radius 3 is 2.41 bits per heavy atom. The number of sulfone groups is 1. The van der Waals surface area contributed by atoms with Crippen LogP contribution in [0.1, 0.15) is 5.56 Å². The van der Waals surface area contributed by atoms with E-state index in [1.807, 2.05) is 6.07 Å². The zero-order valence-electron chi connectivity index (χ0n) is 14.8. The molecular weight excluding hydrogens is 369 g/mol. The predicted molar refractivity (Wildman–Crippen MR) is 102 cm³/mol. The molecule has 0 radical (unpaired) electrons. The average Bonchev–Trinajstić information content (AvgIpc) is 2.62. The van der Waals surface area contributed by atoms with Crippen molar-refractivity contribution in [3.8, 4) is 0 Å². The van der Waals surface area contributed by atoms with Gasteiger partial charge in [0.25, 0.3) is 0 Å². The van der Waals surface area contributed by atoms with E-state index >= 15 is 0 Å². The minimum atomic E-state index is -3.28. The highest BCUT2D eigenvalue weighted by Crippen LogP contribution is 2.30. The fourth-order valence-electron chi connectivity index (χ4n) is 2.78. The fourth-order valence-corrected chi connectivity index (χ4v) is 3.41. The Morgan fingerprint density at radius 2 is 1.78 bits per heavy atom. The third-order valence-electron chi connectivity index (χ3n) is 4.11. The van der Waals surface area contributed by atoms with Gasteiger partial charge in [0, 0.05) is 23.0 Å². The first kappa shape index (κ1) is 18.8. The number of esters is 1. The lowest BCUT2D eigenvalue weighted by molar-refractivity contribution is -0.139. The molecule has 0 aromatic heterocycles. The number of hydrogen-bond donors (Lipinski definition) is 1. The summed E-state index contributed by atoms with van der Waals surface area (Å²) >= 11 is 0. The van der Waals surface area contributed by atoms with E-state index in [0.717, 1.165) is 17.2 Å². The molecule has 0 aliphatic rings. The van der Waals surface area contributed by atoms with E-state index in [0.29, 0.717) is 16.8 Å². The van der Waals surface area contributed by atoms with E-state index in [2.05, 4.69) is 5.32 Å². The summed E-state index contributed by atoms with van der Waals surface area (Å²) in [6, 6.07) is 14.2. The number of anilines is 2. The molecule has 27 heavy (non-hydrogen) atoms. The van der Waals surface area contributed by atoms with Crippen molar-refractivity contribution in [1.82, 2.24) is 0 Å². The Bertz CT molecular complexity index is 1110. The maximum absolute atomic E-state index is 13.7. The summed E-state index contributed by atoms with van der Waals surface area (Å²) in [7, 11) is -1.96. The van der Waals surface area contributed by atoms with Crippen LogP contribution in [0.5, 0.6) is 0 Å². The van der Waals surface area contributed by atoms with Crippen molar-refractivity contribution in [2.45, 2.75) is 11.3 Å². The number of benzene rings is 3. The highest BCUT2D eigenvalue weighted by atomic mass is 32.2. The van der Waals surface area contributed by atoms with E-state index in [9.17, 15) is 17.6 Å². The average molecular weight is 387 g/mol. The van der Waals surface area contributed by atoms with Gasteiger partial charge in [-0.2, -0.15) is 0 Å². The Balaban J connectivity index is 2.03. The van der Waals surface area contributed by atoms with E-state index < -0.39 is 9.84 Å². The maximum atomic E-state index is 13.7. The van der Waals surface area contributed by atoms with Crippen LogP contribution in [-0.2, 0) is 25.8 Å². The zero-order valence-corrected chi connectivity index (χ0v) is 15.6. The molecule has 0 atom stereocenters. The number of carbonyl (C=O) groups excluding carboxylic acids is 1. The van der Waals surface area contributed by atoms with E-state index in [-0.39, 0.29) is 23.1 Å². The van der Waals surface area contributed by atoms with Gasteiger partial charge in [-0.25, -0.2) is 12.8 Å². The molecule has 140 valence electrons. The summed E-state index contributed by atoms with van der Waals surface area (Å²) in [6.45, 7) is 0. The lowest BCUT2D eigenvalue weighted by Crippen LogP contribution is -2.05. The lowest BCUT2D eigenvalue weighted by Gasteiger charge is -2.13. The molecule has 0 fully saturated rings. The molecule has 3 aromatic carbocycles. The summed E-state index contributed by atoms with van der Waals surface area (Å²) in [5.41, 5.74) is 1.97. The molecule has 0 unspecified atom stereocenters. The van der Waals surface area contributed by atoms with E-state index in [4.69, 9.17) is 4.74 Å². The SMILES string of the molecule is COC(=O)Cc1cc(Nc2ccc(S(C)(=O)=O)cc2)c2cc(F)ccc2c1. The number of nitrogens with one attached hydrogen (secondary N) is 1. The smallest absolute Gasteiger partial charge is 0.309 e. The first-order valence-corrected chi connectivity index (χ1v) is 10.0. The van der Waals surface area contributed by atoms with Gasteiger partial charge in [0.15, 0.2) is 9.84 Å². The van der Waals surface area contributed by atoms with Gasteiger partial charge in [0.1, 0.15) is 5.82 Å². The monoisotopic (exact) mass is 387 g/mol. The van der Waals surface area contributed by atoms with Gasteiger partial charge < -0.3 is 10.1 Å². The van der Waals surface area contributed by atoms with Crippen LogP contribution in [0.3, 0.4) is 0 Å².